The van der Waals surface area contributed by atoms with Crippen LogP contribution >= 0.6 is 11.3 Å². The fourth-order valence-electron chi connectivity index (χ4n) is 3.55. The van der Waals surface area contributed by atoms with Gasteiger partial charge in [0.25, 0.3) is 11.8 Å². The maximum atomic E-state index is 13.1. The highest BCUT2D eigenvalue weighted by atomic mass is 32.2. The molecule has 0 atom stereocenters. The van der Waals surface area contributed by atoms with E-state index in [1.807, 2.05) is 41.8 Å². The standard InChI is InChI=1S/C22H18N4O4S2/c27-20(23-22-25-24-21(30-22)19-6-3-13-31-19)16-7-9-18(10-8-16)32(28,29)26-12-11-15-4-1-2-5-17(15)14-26/h1-10,13H,11-12,14H2,(H,23,25,27). The van der Waals surface area contributed by atoms with Gasteiger partial charge in [-0.3, -0.25) is 10.1 Å². The summed E-state index contributed by atoms with van der Waals surface area (Å²) in [5.74, 6) is -0.151. The van der Waals surface area contributed by atoms with Gasteiger partial charge in [-0.05, 0) is 53.3 Å². The summed E-state index contributed by atoms with van der Waals surface area (Å²) in [4.78, 5) is 13.5. The molecule has 32 heavy (non-hydrogen) atoms. The van der Waals surface area contributed by atoms with Crippen molar-refractivity contribution in [3.05, 3.63) is 82.7 Å². The number of aromatic nitrogens is 2. The molecule has 0 unspecified atom stereocenters. The molecule has 0 saturated carbocycles. The molecular weight excluding hydrogens is 448 g/mol. The number of hydrogen-bond acceptors (Lipinski definition) is 7. The highest BCUT2D eigenvalue weighted by Crippen LogP contribution is 2.26. The highest BCUT2D eigenvalue weighted by Gasteiger charge is 2.28. The van der Waals surface area contributed by atoms with Crippen LogP contribution in [0.15, 0.2) is 75.4 Å². The van der Waals surface area contributed by atoms with Gasteiger partial charge in [-0.2, -0.15) is 4.31 Å². The molecule has 2 aromatic carbocycles. The first-order chi connectivity index (χ1) is 15.5. The van der Waals surface area contributed by atoms with Gasteiger partial charge in [-0.1, -0.05) is 35.4 Å². The van der Waals surface area contributed by atoms with Crippen LogP contribution in [0, 0.1) is 0 Å². The van der Waals surface area contributed by atoms with E-state index in [0.29, 0.717) is 25.4 Å². The van der Waals surface area contributed by atoms with E-state index >= 15 is 0 Å². The Morgan fingerprint density at radius 2 is 1.78 bits per heavy atom. The van der Waals surface area contributed by atoms with E-state index < -0.39 is 15.9 Å². The van der Waals surface area contributed by atoms with Crippen molar-refractivity contribution in [3.8, 4) is 10.8 Å². The smallest absolute Gasteiger partial charge is 0.322 e. The molecule has 10 heteroatoms. The summed E-state index contributed by atoms with van der Waals surface area (Å²) in [5.41, 5.74) is 2.47. The molecular formula is C22H18N4O4S2. The Morgan fingerprint density at radius 1 is 1.00 bits per heavy atom. The van der Waals surface area contributed by atoms with E-state index in [1.54, 1.807) is 0 Å². The second-order valence-corrected chi connectivity index (χ2v) is 10.1. The number of fused-ring (bicyclic) bond motifs is 1. The van der Waals surface area contributed by atoms with Crippen LogP contribution < -0.4 is 5.32 Å². The third-order valence-corrected chi connectivity index (χ3v) is 7.94. The zero-order chi connectivity index (χ0) is 22.1. The number of anilines is 1. The van der Waals surface area contributed by atoms with Crippen molar-refractivity contribution in [2.75, 3.05) is 11.9 Å². The lowest BCUT2D eigenvalue weighted by Crippen LogP contribution is -2.35. The van der Waals surface area contributed by atoms with Crippen LogP contribution in [0.1, 0.15) is 21.5 Å². The van der Waals surface area contributed by atoms with Gasteiger partial charge in [-0.15, -0.1) is 16.4 Å². The van der Waals surface area contributed by atoms with E-state index in [9.17, 15) is 13.2 Å². The first-order valence-electron chi connectivity index (χ1n) is 9.86. The molecule has 162 valence electrons. The van der Waals surface area contributed by atoms with Crippen LogP contribution in [0.5, 0.6) is 0 Å². The van der Waals surface area contributed by atoms with Crippen LogP contribution in [-0.4, -0.2) is 35.4 Å². The van der Waals surface area contributed by atoms with E-state index in [1.165, 1.54) is 45.5 Å². The minimum absolute atomic E-state index is 0.0259. The molecule has 5 rings (SSSR count). The van der Waals surface area contributed by atoms with Gasteiger partial charge in [0.05, 0.1) is 9.77 Å². The molecule has 1 aliphatic heterocycles. The summed E-state index contributed by atoms with van der Waals surface area (Å²) >= 11 is 1.45. The average molecular weight is 467 g/mol. The third kappa shape index (κ3) is 3.95. The summed E-state index contributed by atoms with van der Waals surface area (Å²) < 4.78 is 33.1. The van der Waals surface area contributed by atoms with Gasteiger partial charge in [0.1, 0.15) is 0 Å². The Bertz CT molecular complexity index is 1360. The molecule has 3 heterocycles. The zero-order valence-corrected chi connectivity index (χ0v) is 18.4. The van der Waals surface area contributed by atoms with Gasteiger partial charge in [0, 0.05) is 18.7 Å². The van der Waals surface area contributed by atoms with Crippen molar-refractivity contribution in [1.82, 2.24) is 14.5 Å². The number of nitrogens with zero attached hydrogens (tertiary/aromatic N) is 3. The Balaban J connectivity index is 1.29. The molecule has 8 nitrogen and oxygen atoms in total. The van der Waals surface area contributed by atoms with Crippen molar-refractivity contribution in [1.29, 1.82) is 0 Å². The van der Waals surface area contributed by atoms with Crippen molar-refractivity contribution in [2.24, 2.45) is 0 Å². The molecule has 0 spiro atoms. The summed E-state index contributed by atoms with van der Waals surface area (Å²) in [6, 6.07) is 17.3. The van der Waals surface area contributed by atoms with Crippen LogP contribution in [-0.2, 0) is 23.0 Å². The molecule has 4 aromatic rings. The first kappa shape index (κ1) is 20.6. The van der Waals surface area contributed by atoms with Crippen molar-refractivity contribution in [3.63, 3.8) is 0 Å². The minimum atomic E-state index is -3.67. The van der Waals surface area contributed by atoms with Crippen LogP contribution in [0.2, 0.25) is 0 Å². The largest absolute Gasteiger partial charge is 0.402 e. The maximum absolute atomic E-state index is 13.1. The lowest BCUT2D eigenvalue weighted by molar-refractivity contribution is 0.102. The molecule has 0 radical (unpaired) electrons. The van der Waals surface area contributed by atoms with Gasteiger partial charge in [0.2, 0.25) is 10.0 Å². The van der Waals surface area contributed by atoms with Crippen molar-refractivity contribution in [2.45, 2.75) is 17.9 Å². The lowest BCUT2D eigenvalue weighted by Gasteiger charge is -2.28. The van der Waals surface area contributed by atoms with Gasteiger partial charge in [-0.25, -0.2) is 8.42 Å². The first-order valence-corrected chi connectivity index (χ1v) is 12.2. The number of hydrogen-bond donors (Lipinski definition) is 1. The Labute approximate surface area is 188 Å². The summed E-state index contributed by atoms with van der Waals surface area (Å²) in [5, 5.41) is 12.2. The van der Waals surface area contributed by atoms with Crippen LogP contribution in [0.25, 0.3) is 10.8 Å². The quantitative estimate of drug-likeness (QED) is 0.480. The Morgan fingerprint density at radius 3 is 2.53 bits per heavy atom. The monoisotopic (exact) mass is 466 g/mol. The second-order valence-electron chi connectivity index (χ2n) is 7.23. The van der Waals surface area contributed by atoms with Crippen LogP contribution in [0.3, 0.4) is 0 Å². The summed E-state index contributed by atoms with van der Waals surface area (Å²) in [7, 11) is -3.67. The SMILES string of the molecule is O=C(Nc1nnc(-c2cccs2)o1)c1ccc(S(=O)(=O)N2CCc3ccccc3C2)cc1. The number of benzene rings is 2. The van der Waals surface area contributed by atoms with E-state index in [2.05, 4.69) is 15.5 Å². The molecule has 1 aliphatic rings. The van der Waals surface area contributed by atoms with Crippen molar-refractivity contribution < 1.29 is 17.6 Å². The van der Waals surface area contributed by atoms with Gasteiger partial charge < -0.3 is 4.42 Å². The molecule has 1 amide bonds. The molecule has 0 saturated heterocycles. The van der Waals surface area contributed by atoms with E-state index in [0.717, 1.165) is 10.4 Å². The van der Waals surface area contributed by atoms with Gasteiger partial charge >= 0.3 is 6.01 Å². The van der Waals surface area contributed by atoms with E-state index in [-0.39, 0.29) is 16.5 Å². The molecule has 0 fully saturated rings. The normalized spacial score (nSPS) is 14.1. The Hall–Kier alpha value is -3.34. The molecule has 2 aromatic heterocycles. The highest BCUT2D eigenvalue weighted by molar-refractivity contribution is 7.89. The maximum Gasteiger partial charge on any atom is 0.322 e. The number of carbonyl (C=O) groups is 1. The number of carbonyl (C=O) groups excluding carboxylic acids is 1. The number of thiophene rings is 1. The second kappa shape index (κ2) is 8.30. The predicted molar refractivity (Wildman–Crippen MR) is 120 cm³/mol. The lowest BCUT2D eigenvalue weighted by atomic mass is 10.0. The van der Waals surface area contributed by atoms with E-state index in [4.69, 9.17) is 4.42 Å². The topological polar surface area (TPSA) is 105 Å². The summed E-state index contributed by atoms with van der Waals surface area (Å²) in [6.45, 7) is 0.760. The number of rotatable bonds is 5. The molecule has 0 bridgehead atoms. The van der Waals surface area contributed by atoms with Gasteiger partial charge in [0.15, 0.2) is 0 Å². The minimum Gasteiger partial charge on any atom is -0.402 e. The zero-order valence-electron chi connectivity index (χ0n) is 16.8. The number of amides is 1. The molecule has 0 aliphatic carbocycles. The number of nitrogens with one attached hydrogen (secondary N) is 1. The van der Waals surface area contributed by atoms with Crippen molar-refractivity contribution >= 4 is 33.3 Å². The van der Waals surface area contributed by atoms with Crippen LogP contribution in [0.4, 0.5) is 6.01 Å². The predicted octanol–water partition coefficient (Wildman–Crippen LogP) is 3.80. The average Bonchev–Trinajstić information content (AvgIpc) is 3.51. The molecule has 1 N–H and O–H groups in total. The number of sulfonamides is 1. The fraction of sp³-hybridized carbons (Fsp3) is 0.136. The summed E-state index contributed by atoms with van der Waals surface area (Å²) in [6.07, 6.45) is 0.674. The third-order valence-electron chi connectivity index (χ3n) is 5.23. The Kier molecular flexibility index (Phi) is 5.33. The fourth-order valence-corrected chi connectivity index (χ4v) is 5.61.